The van der Waals surface area contributed by atoms with Crippen LogP contribution in [0.2, 0.25) is 0 Å². The van der Waals surface area contributed by atoms with Crippen LogP contribution < -0.4 is 4.74 Å². The third-order valence-corrected chi connectivity index (χ3v) is 4.43. The van der Waals surface area contributed by atoms with Crippen molar-refractivity contribution in [3.63, 3.8) is 0 Å². The van der Waals surface area contributed by atoms with Gasteiger partial charge in [-0.2, -0.15) is 0 Å². The van der Waals surface area contributed by atoms with Gasteiger partial charge in [-0.05, 0) is 18.2 Å². The largest absolute Gasteiger partial charge is 0.489 e. The highest BCUT2D eigenvalue weighted by Gasteiger charge is 2.50. The minimum Gasteiger partial charge on any atom is -0.489 e. The summed E-state index contributed by atoms with van der Waals surface area (Å²) in [4.78, 5) is 26.0. The zero-order valence-electron chi connectivity index (χ0n) is 13.2. The SMILES string of the molecule is O=C(c1ccncn1)N1CC2(C[C@@H](Oc3cccnc3)CCO2)C1. The van der Waals surface area contributed by atoms with Crippen molar-refractivity contribution in [2.45, 2.75) is 24.5 Å². The Morgan fingerprint density at radius 3 is 2.96 bits per heavy atom. The number of carbonyl (C=O) groups is 1. The van der Waals surface area contributed by atoms with Crippen LogP contribution in [0, 0.1) is 0 Å². The topological polar surface area (TPSA) is 77.4 Å². The molecule has 4 heterocycles. The number of aromatic nitrogens is 3. The number of ether oxygens (including phenoxy) is 2. The van der Waals surface area contributed by atoms with Crippen LogP contribution >= 0.6 is 0 Å². The van der Waals surface area contributed by atoms with Gasteiger partial charge in [-0.1, -0.05) is 0 Å². The number of hydrogen-bond donors (Lipinski definition) is 0. The first-order chi connectivity index (χ1) is 11.7. The Bertz CT molecular complexity index is 704. The molecule has 4 rings (SSSR count). The summed E-state index contributed by atoms with van der Waals surface area (Å²) in [5, 5.41) is 0. The van der Waals surface area contributed by atoms with Crippen LogP contribution in [-0.4, -0.2) is 57.2 Å². The molecule has 0 N–H and O–H groups in total. The number of pyridine rings is 1. The minimum atomic E-state index is -0.298. The van der Waals surface area contributed by atoms with Crippen molar-refractivity contribution in [3.05, 3.63) is 48.8 Å². The van der Waals surface area contributed by atoms with Crippen LogP contribution in [0.15, 0.2) is 43.1 Å². The van der Waals surface area contributed by atoms with E-state index in [-0.39, 0.29) is 17.6 Å². The molecule has 2 aliphatic heterocycles. The van der Waals surface area contributed by atoms with Gasteiger partial charge in [-0.3, -0.25) is 9.78 Å². The van der Waals surface area contributed by atoms with E-state index in [1.54, 1.807) is 29.6 Å². The van der Waals surface area contributed by atoms with E-state index in [4.69, 9.17) is 9.47 Å². The number of rotatable bonds is 3. The lowest BCUT2D eigenvalue weighted by atomic mass is 9.84. The Hall–Kier alpha value is -2.54. The summed E-state index contributed by atoms with van der Waals surface area (Å²) in [5.41, 5.74) is 0.118. The Morgan fingerprint density at radius 2 is 2.21 bits per heavy atom. The fraction of sp³-hybridized carbons (Fsp3) is 0.412. The molecule has 2 aliphatic rings. The zero-order valence-corrected chi connectivity index (χ0v) is 13.2. The smallest absolute Gasteiger partial charge is 0.272 e. The molecule has 7 nitrogen and oxygen atoms in total. The van der Waals surface area contributed by atoms with Crippen molar-refractivity contribution in [3.8, 4) is 5.75 Å². The highest BCUT2D eigenvalue weighted by atomic mass is 16.5. The molecule has 0 saturated carbocycles. The highest BCUT2D eigenvalue weighted by Crippen LogP contribution is 2.36. The lowest BCUT2D eigenvalue weighted by molar-refractivity contribution is -0.173. The lowest BCUT2D eigenvalue weighted by Crippen LogP contribution is -2.67. The predicted molar refractivity (Wildman–Crippen MR) is 84.5 cm³/mol. The van der Waals surface area contributed by atoms with Gasteiger partial charge in [0.1, 0.15) is 29.5 Å². The highest BCUT2D eigenvalue weighted by molar-refractivity contribution is 5.92. The van der Waals surface area contributed by atoms with Crippen LogP contribution in [0.1, 0.15) is 23.3 Å². The molecule has 1 atom stereocenters. The van der Waals surface area contributed by atoms with Crippen LogP contribution in [0.3, 0.4) is 0 Å². The van der Waals surface area contributed by atoms with Crippen molar-refractivity contribution >= 4 is 5.91 Å². The molecule has 7 heteroatoms. The molecular weight excluding hydrogens is 308 g/mol. The van der Waals surface area contributed by atoms with E-state index in [1.165, 1.54) is 6.33 Å². The summed E-state index contributed by atoms with van der Waals surface area (Å²) in [6.45, 7) is 1.78. The monoisotopic (exact) mass is 326 g/mol. The van der Waals surface area contributed by atoms with Crippen LogP contribution in [0.4, 0.5) is 0 Å². The number of carbonyl (C=O) groups excluding carboxylic acids is 1. The second-order valence-corrected chi connectivity index (χ2v) is 6.21. The first-order valence-electron chi connectivity index (χ1n) is 8.00. The average Bonchev–Trinajstić information content (AvgIpc) is 2.61. The Labute approximate surface area is 139 Å². The van der Waals surface area contributed by atoms with Gasteiger partial charge in [-0.15, -0.1) is 0 Å². The molecule has 0 bridgehead atoms. The van der Waals surface area contributed by atoms with E-state index in [1.807, 2.05) is 12.1 Å². The molecule has 2 fully saturated rings. The maximum Gasteiger partial charge on any atom is 0.272 e. The quantitative estimate of drug-likeness (QED) is 0.847. The number of likely N-dealkylation sites (tertiary alicyclic amines) is 1. The second kappa shape index (κ2) is 6.16. The van der Waals surface area contributed by atoms with Gasteiger partial charge < -0.3 is 14.4 Å². The summed E-state index contributed by atoms with van der Waals surface area (Å²) in [5.74, 6) is 0.690. The minimum absolute atomic E-state index is 0.0815. The van der Waals surface area contributed by atoms with E-state index in [0.717, 1.165) is 18.6 Å². The van der Waals surface area contributed by atoms with Crippen LogP contribution in [-0.2, 0) is 4.74 Å². The first-order valence-corrected chi connectivity index (χ1v) is 8.00. The first kappa shape index (κ1) is 15.0. The predicted octanol–water partition coefficient (Wildman–Crippen LogP) is 1.32. The van der Waals surface area contributed by atoms with Gasteiger partial charge in [0.25, 0.3) is 5.91 Å². The van der Waals surface area contributed by atoms with Gasteiger partial charge in [-0.25, -0.2) is 9.97 Å². The van der Waals surface area contributed by atoms with Crippen molar-refractivity contribution in [2.24, 2.45) is 0 Å². The summed E-state index contributed by atoms with van der Waals surface area (Å²) >= 11 is 0. The molecule has 0 unspecified atom stereocenters. The van der Waals surface area contributed by atoms with Gasteiger partial charge >= 0.3 is 0 Å². The summed E-state index contributed by atoms with van der Waals surface area (Å²) in [6, 6.07) is 5.39. The molecule has 2 aromatic heterocycles. The molecule has 24 heavy (non-hydrogen) atoms. The standard InChI is InChI=1S/C17H18N4O3/c22-16(15-3-6-19-12-20-15)21-10-17(11-21)8-13(4-7-23-17)24-14-2-1-5-18-9-14/h1-3,5-6,9,12-13H,4,7-8,10-11H2/t13-/m0/s1. The molecule has 124 valence electrons. The van der Waals surface area contributed by atoms with Gasteiger partial charge in [0.15, 0.2) is 0 Å². The molecule has 1 spiro atoms. The third-order valence-electron chi connectivity index (χ3n) is 4.43. The van der Waals surface area contributed by atoms with Gasteiger partial charge in [0.2, 0.25) is 0 Å². The van der Waals surface area contributed by atoms with E-state index in [9.17, 15) is 4.79 Å². The van der Waals surface area contributed by atoms with E-state index in [2.05, 4.69) is 15.0 Å². The van der Waals surface area contributed by atoms with Gasteiger partial charge in [0, 0.05) is 25.2 Å². The van der Waals surface area contributed by atoms with Crippen molar-refractivity contribution in [2.75, 3.05) is 19.7 Å². The molecular formula is C17H18N4O3. The Kier molecular flexibility index (Phi) is 3.86. The van der Waals surface area contributed by atoms with E-state index >= 15 is 0 Å². The number of amides is 1. The third kappa shape index (κ3) is 2.94. The van der Waals surface area contributed by atoms with Crippen molar-refractivity contribution < 1.29 is 14.3 Å². The summed E-state index contributed by atoms with van der Waals surface area (Å²) < 4.78 is 12.0. The van der Waals surface area contributed by atoms with Crippen LogP contribution in [0.25, 0.3) is 0 Å². The summed E-state index contributed by atoms with van der Waals surface area (Å²) in [6.07, 6.45) is 8.10. The lowest BCUT2D eigenvalue weighted by Gasteiger charge is -2.52. The van der Waals surface area contributed by atoms with Gasteiger partial charge in [0.05, 0.1) is 25.9 Å². The fourth-order valence-electron chi connectivity index (χ4n) is 3.29. The summed E-state index contributed by atoms with van der Waals surface area (Å²) in [7, 11) is 0. The molecule has 1 amide bonds. The maximum atomic E-state index is 12.4. The van der Waals surface area contributed by atoms with Crippen molar-refractivity contribution in [1.82, 2.24) is 19.9 Å². The maximum absolute atomic E-state index is 12.4. The fourth-order valence-corrected chi connectivity index (χ4v) is 3.29. The molecule has 0 aromatic carbocycles. The number of hydrogen-bond acceptors (Lipinski definition) is 6. The van der Waals surface area contributed by atoms with Crippen molar-refractivity contribution in [1.29, 1.82) is 0 Å². The van der Waals surface area contributed by atoms with E-state index < -0.39 is 0 Å². The molecule has 2 aromatic rings. The molecule has 0 radical (unpaired) electrons. The Balaban J connectivity index is 1.36. The zero-order chi connectivity index (χ0) is 16.4. The van der Waals surface area contributed by atoms with E-state index in [0.29, 0.717) is 25.4 Å². The number of nitrogens with zero attached hydrogens (tertiary/aromatic N) is 4. The second-order valence-electron chi connectivity index (χ2n) is 6.21. The average molecular weight is 326 g/mol. The molecule has 2 saturated heterocycles. The normalized spacial score (nSPS) is 22.0. The van der Waals surface area contributed by atoms with Crippen LogP contribution in [0.5, 0.6) is 5.75 Å². The Morgan fingerprint density at radius 1 is 1.29 bits per heavy atom. The molecule has 0 aliphatic carbocycles.